The number of nitrogens with zero attached hydrogens (tertiary/aromatic N) is 3. The van der Waals surface area contributed by atoms with Crippen molar-refractivity contribution < 1.29 is 28.7 Å². The summed E-state index contributed by atoms with van der Waals surface area (Å²) in [4.78, 5) is 50.1. The van der Waals surface area contributed by atoms with Gasteiger partial charge in [-0.3, -0.25) is 9.59 Å². The minimum Gasteiger partial charge on any atom is -0.380 e. The van der Waals surface area contributed by atoms with Gasteiger partial charge in [0.2, 0.25) is 12.3 Å². The number of amides is 2. The van der Waals surface area contributed by atoms with E-state index >= 15 is 0 Å². The Balaban J connectivity index is -0.000000614. The molecule has 1 saturated heterocycles. The maximum atomic E-state index is 10.8. The number of thiazole rings is 1. The van der Waals surface area contributed by atoms with Gasteiger partial charge in [-0.1, -0.05) is 90.3 Å². The van der Waals surface area contributed by atoms with Crippen molar-refractivity contribution in [2.24, 2.45) is 17.6 Å². The average Bonchev–Trinajstić information content (AvgIpc) is 3.87. The SMILES string of the molecule is CC(C)(N)C(=O)NCC=O.CCC.CCC(C)C(C(CC)OC)N(C)C.CNCc1nccs1.COC(C(C)C=O)C1CCCN1C=O.Cc1ccccc1. The molecule has 12 nitrogen and oxygen atoms in total. The van der Waals surface area contributed by atoms with E-state index in [0.717, 1.165) is 50.1 Å². The topological polar surface area (TPSA) is 156 Å². The maximum absolute atomic E-state index is 10.8. The van der Waals surface area contributed by atoms with Gasteiger partial charge in [0, 0.05) is 50.8 Å². The van der Waals surface area contributed by atoms with Gasteiger partial charge in [0.25, 0.3) is 0 Å². The van der Waals surface area contributed by atoms with Gasteiger partial charge in [-0.2, -0.15) is 0 Å². The smallest absolute Gasteiger partial charge is 0.239 e. The highest BCUT2D eigenvalue weighted by atomic mass is 32.1. The number of aldehydes is 2. The van der Waals surface area contributed by atoms with Crippen LogP contribution < -0.4 is 16.4 Å². The Hall–Kier alpha value is -3.07. The normalized spacial score (nSPS) is 15.8. The molecule has 3 rings (SSSR count). The van der Waals surface area contributed by atoms with Crippen molar-refractivity contribution in [3.63, 3.8) is 0 Å². The van der Waals surface area contributed by atoms with Crippen LogP contribution in [-0.4, -0.2) is 118 Å². The summed E-state index contributed by atoms with van der Waals surface area (Å²) in [7, 11) is 9.59. The number of aromatic nitrogens is 1. The van der Waals surface area contributed by atoms with Crippen LogP contribution in [-0.2, 0) is 35.2 Å². The van der Waals surface area contributed by atoms with Crippen molar-refractivity contribution in [3.05, 3.63) is 52.5 Å². The van der Waals surface area contributed by atoms with Gasteiger partial charge in [-0.25, -0.2) is 4.98 Å². The van der Waals surface area contributed by atoms with Crippen molar-refractivity contribution in [1.82, 2.24) is 25.4 Å². The molecule has 1 fully saturated rings. The zero-order valence-corrected chi connectivity index (χ0v) is 37.5. The predicted octanol–water partition coefficient (Wildman–Crippen LogP) is 6.16. The molecule has 318 valence electrons. The van der Waals surface area contributed by atoms with E-state index in [0.29, 0.717) is 24.3 Å². The third kappa shape index (κ3) is 27.2. The van der Waals surface area contributed by atoms with Crippen LogP contribution in [0.1, 0.15) is 98.1 Å². The highest BCUT2D eigenvalue weighted by Crippen LogP contribution is 2.24. The molecule has 6 atom stereocenters. The van der Waals surface area contributed by atoms with Crippen molar-refractivity contribution in [2.75, 3.05) is 48.5 Å². The van der Waals surface area contributed by atoms with E-state index in [1.54, 1.807) is 37.2 Å². The number of hydrogen-bond acceptors (Lipinski definition) is 11. The molecule has 1 aromatic carbocycles. The van der Waals surface area contributed by atoms with Gasteiger partial charge < -0.3 is 45.2 Å². The lowest BCUT2D eigenvalue weighted by molar-refractivity contribution is -0.126. The van der Waals surface area contributed by atoms with Crippen molar-refractivity contribution in [1.29, 1.82) is 0 Å². The molecule has 0 bridgehead atoms. The first-order valence-corrected chi connectivity index (χ1v) is 20.4. The lowest BCUT2D eigenvalue weighted by atomic mass is 9.92. The Morgan fingerprint density at radius 1 is 1.07 bits per heavy atom. The molecule has 2 heterocycles. The Labute approximate surface area is 338 Å². The average molecular weight is 795 g/mol. The molecule has 2 amide bonds. The van der Waals surface area contributed by atoms with Gasteiger partial charge in [-0.15, -0.1) is 11.3 Å². The number of carbonyl (C=O) groups excluding carboxylic acids is 4. The van der Waals surface area contributed by atoms with E-state index in [1.807, 2.05) is 50.9 Å². The number of ether oxygens (including phenoxy) is 2. The van der Waals surface area contributed by atoms with E-state index in [1.165, 1.54) is 18.4 Å². The second kappa shape index (κ2) is 35.4. The number of aryl methyl sites for hydroxylation is 1. The number of nitrogens with two attached hydrogens (primary N) is 1. The van der Waals surface area contributed by atoms with Crippen molar-refractivity contribution in [2.45, 2.75) is 131 Å². The van der Waals surface area contributed by atoms with Crippen molar-refractivity contribution in [3.8, 4) is 0 Å². The lowest BCUT2D eigenvalue weighted by Crippen LogP contribution is -2.49. The number of rotatable bonds is 16. The Morgan fingerprint density at radius 3 is 2.02 bits per heavy atom. The van der Waals surface area contributed by atoms with Crippen LogP contribution in [0.4, 0.5) is 0 Å². The van der Waals surface area contributed by atoms with Crippen LogP contribution >= 0.6 is 11.3 Å². The molecule has 55 heavy (non-hydrogen) atoms. The van der Waals surface area contributed by atoms with Crippen LogP contribution in [0, 0.1) is 18.8 Å². The molecule has 13 heteroatoms. The van der Waals surface area contributed by atoms with E-state index in [2.05, 4.69) is 88.3 Å². The first kappa shape index (κ1) is 56.3. The van der Waals surface area contributed by atoms with Crippen LogP contribution in [0.5, 0.6) is 0 Å². The highest BCUT2D eigenvalue weighted by Gasteiger charge is 2.34. The summed E-state index contributed by atoms with van der Waals surface area (Å²) in [5.74, 6) is 0.213. The molecule has 1 aliphatic heterocycles. The fraction of sp³-hybridized carbons (Fsp3) is 0.690. The molecule has 6 unspecified atom stereocenters. The largest absolute Gasteiger partial charge is 0.380 e. The van der Waals surface area contributed by atoms with Crippen molar-refractivity contribution >= 4 is 36.2 Å². The lowest BCUT2D eigenvalue weighted by Gasteiger charge is -2.35. The van der Waals surface area contributed by atoms with E-state index in [-0.39, 0.29) is 30.5 Å². The van der Waals surface area contributed by atoms with Gasteiger partial charge >= 0.3 is 0 Å². The second-order valence-electron chi connectivity index (χ2n) is 14.2. The Morgan fingerprint density at radius 2 is 1.67 bits per heavy atom. The van der Waals surface area contributed by atoms with E-state index < -0.39 is 5.54 Å². The summed E-state index contributed by atoms with van der Waals surface area (Å²) < 4.78 is 10.8. The minimum absolute atomic E-state index is 0.0272. The van der Waals surface area contributed by atoms with E-state index in [9.17, 15) is 19.2 Å². The Bertz CT molecular complexity index is 1180. The van der Waals surface area contributed by atoms with Gasteiger partial charge in [0.1, 0.15) is 17.6 Å². The number of nitrogens with one attached hydrogen (secondary N) is 2. The van der Waals surface area contributed by atoms with Gasteiger partial charge in [0.15, 0.2) is 0 Å². The zero-order chi connectivity index (χ0) is 42.8. The first-order valence-electron chi connectivity index (χ1n) is 19.5. The summed E-state index contributed by atoms with van der Waals surface area (Å²) in [5, 5.41) is 8.48. The van der Waals surface area contributed by atoms with E-state index in [4.69, 9.17) is 15.2 Å². The third-order valence-corrected chi connectivity index (χ3v) is 9.23. The second-order valence-corrected chi connectivity index (χ2v) is 15.2. The van der Waals surface area contributed by atoms with Gasteiger partial charge in [0.05, 0.1) is 30.3 Å². The predicted molar refractivity (Wildman–Crippen MR) is 229 cm³/mol. The first-order chi connectivity index (χ1) is 26.0. The summed E-state index contributed by atoms with van der Waals surface area (Å²) in [5.41, 5.74) is 5.81. The molecule has 2 aromatic rings. The molecule has 1 aliphatic rings. The number of benzene rings is 1. The fourth-order valence-electron chi connectivity index (χ4n) is 5.48. The molecule has 0 spiro atoms. The molecular formula is C42H78N6O6S. The summed E-state index contributed by atoms with van der Waals surface area (Å²) in [6.07, 6.45) is 9.83. The molecule has 0 aliphatic carbocycles. The summed E-state index contributed by atoms with van der Waals surface area (Å²) in [6, 6.07) is 10.9. The van der Waals surface area contributed by atoms with Crippen LogP contribution in [0.15, 0.2) is 41.9 Å². The summed E-state index contributed by atoms with van der Waals surface area (Å²) >= 11 is 1.67. The third-order valence-electron chi connectivity index (χ3n) is 8.45. The minimum atomic E-state index is -0.900. The molecule has 0 radical (unpaired) electrons. The number of hydrogen-bond donors (Lipinski definition) is 3. The standard InChI is InChI=1S/C11H25NO.C10H17NO3.C7H8.C6H12N2O2.C5H8N2S.C3H8/c1-7-9(3)11(12(4)5)10(8-2)13-6;1-8(6-12)10(14-2)9-4-3-5-11(9)7-13;1-7-5-3-2-4-6-7;1-6(2,7)5(10)8-3-4-9;1-6-4-5-7-2-3-8-5;1-3-2/h9-11H,7-8H2,1-6H3;6-10H,3-5H2,1-2H3;2-6H,1H3;4H,3,7H2,1-2H3,(H,8,10);2-3,6H,4H2,1H3;3H2,1-2H3. The van der Waals surface area contributed by atoms with Crippen LogP contribution in [0.2, 0.25) is 0 Å². The fourth-order valence-corrected chi connectivity index (χ4v) is 6.11. The quantitative estimate of drug-likeness (QED) is 0.168. The number of methoxy groups -OCH3 is 2. The number of likely N-dealkylation sites (tertiary alicyclic amines) is 1. The number of carbonyl (C=O) groups is 4. The zero-order valence-electron chi connectivity index (χ0n) is 36.7. The summed E-state index contributed by atoms with van der Waals surface area (Å²) in [6.45, 7) is 19.7. The van der Waals surface area contributed by atoms with Crippen LogP contribution in [0.25, 0.3) is 0 Å². The Kier molecular flexibility index (Phi) is 36.2. The highest BCUT2D eigenvalue weighted by molar-refractivity contribution is 7.09. The molecule has 1 aromatic heterocycles. The molecular weight excluding hydrogens is 717 g/mol. The molecule has 4 N–H and O–H groups in total. The maximum Gasteiger partial charge on any atom is 0.239 e. The monoisotopic (exact) mass is 795 g/mol. The van der Waals surface area contributed by atoms with Gasteiger partial charge in [-0.05, 0) is 67.1 Å². The van der Waals surface area contributed by atoms with Crippen LogP contribution in [0.3, 0.4) is 0 Å². The number of likely N-dealkylation sites (N-methyl/N-ethyl adjacent to an activating group) is 1. The molecule has 0 saturated carbocycles.